The van der Waals surface area contributed by atoms with Gasteiger partial charge in [-0.05, 0) is 66.6 Å². The summed E-state index contributed by atoms with van der Waals surface area (Å²) in [5.74, 6) is 0.0753. The summed E-state index contributed by atoms with van der Waals surface area (Å²) in [5, 5.41) is 2.95. The molecule has 1 N–H and O–H groups in total. The van der Waals surface area contributed by atoms with Crippen LogP contribution in [0.4, 0.5) is 4.39 Å². The van der Waals surface area contributed by atoms with Crippen LogP contribution in [0.3, 0.4) is 0 Å². The quantitative estimate of drug-likeness (QED) is 0.632. The van der Waals surface area contributed by atoms with E-state index in [4.69, 9.17) is 9.47 Å². The van der Waals surface area contributed by atoms with Crippen LogP contribution < -0.4 is 10.1 Å². The molecule has 0 saturated carbocycles. The molecule has 0 aliphatic carbocycles. The normalized spacial score (nSPS) is 20.5. The molecule has 1 fully saturated rings. The first-order valence-corrected chi connectivity index (χ1v) is 12.2. The van der Waals surface area contributed by atoms with Gasteiger partial charge in [-0.1, -0.05) is 32.0 Å². The van der Waals surface area contributed by atoms with E-state index in [1.54, 1.807) is 6.07 Å². The molecule has 34 heavy (non-hydrogen) atoms. The zero-order valence-electron chi connectivity index (χ0n) is 19.9. The van der Waals surface area contributed by atoms with Crippen molar-refractivity contribution < 1.29 is 23.5 Å². The summed E-state index contributed by atoms with van der Waals surface area (Å²) in [6, 6.07) is 11.8. The van der Waals surface area contributed by atoms with Crippen LogP contribution in [0, 0.1) is 5.82 Å². The molecule has 7 heteroatoms. The molecule has 2 amide bonds. The molecule has 1 saturated heterocycles. The summed E-state index contributed by atoms with van der Waals surface area (Å²) in [4.78, 5) is 27.3. The van der Waals surface area contributed by atoms with Crippen molar-refractivity contribution in [2.45, 2.75) is 64.2 Å². The van der Waals surface area contributed by atoms with Crippen molar-refractivity contribution in [3.63, 3.8) is 0 Å². The molecule has 6 nitrogen and oxygen atoms in total. The Kier molecular flexibility index (Phi) is 7.83. The summed E-state index contributed by atoms with van der Waals surface area (Å²) < 4.78 is 25.8. The lowest BCUT2D eigenvalue weighted by Gasteiger charge is -2.38. The molecule has 0 aromatic heterocycles. The number of ether oxygens (including phenoxy) is 2. The van der Waals surface area contributed by atoms with E-state index in [0.29, 0.717) is 38.1 Å². The van der Waals surface area contributed by atoms with Gasteiger partial charge in [0, 0.05) is 26.1 Å². The van der Waals surface area contributed by atoms with Gasteiger partial charge in [-0.15, -0.1) is 0 Å². The van der Waals surface area contributed by atoms with Crippen LogP contribution in [-0.2, 0) is 20.7 Å². The Balaban J connectivity index is 1.57. The second-order valence-electron chi connectivity index (χ2n) is 8.90. The highest BCUT2D eigenvalue weighted by Gasteiger charge is 2.32. The van der Waals surface area contributed by atoms with Gasteiger partial charge in [-0.25, -0.2) is 4.39 Å². The number of benzene rings is 2. The van der Waals surface area contributed by atoms with Crippen molar-refractivity contribution in [2.75, 3.05) is 19.7 Å². The van der Waals surface area contributed by atoms with Crippen molar-refractivity contribution in [3.05, 3.63) is 65.0 Å². The first-order valence-electron chi connectivity index (χ1n) is 12.2. The fraction of sp³-hybridized carbons (Fsp3) is 0.481. The van der Waals surface area contributed by atoms with Gasteiger partial charge in [0.1, 0.15) is 11.6 Å². The lowest BCUT2D eigenvalue weighted by atomic mass is 9.87. The summed E-state index contributed by atoms with van der Waals surface area (Å²) in [6.45, 7) is 5.54. The molecule has 2 heterocycles. The standard InChI is InChI=1S/C27H33FN2O4/c1-3-24(27(32)29-17-22-9-6-14-33-22)34-21-11-10-18-12-13-30(25(31)4-2)26(23(18)16-21)19-7-5-8-20(28)15-19/h5,7-8,10-11,15-16,22,24,26H,3-4,6,9,12-14,17H2,1-2H3,(H,29,32)/t22-,24-,26+/m1/s1. The summed E-state index contributed by atoms with van der Waals surface area (Å²) in [6.07, 6.45) is 3.02. The highest BCUT2D eigenvalue weighted by atomic mass is 19.1. The molecule has 4 rings (SSSR count). The number of carbonyl (C=O) groups excluding carboxylic acids is 2. The van der Waals surface area contributed by atoms with E-state index in [2.05, 4.69) is 5.32 Å². The Hall–Kier alpha value is -2.93. The molecule has 0 bridgehead atoms. The Morgan fingerprint density at radius 1 is 1.24 bits per heavy atom. The fourth-order valence-corrected chi connectivity index (χ4v) is 4.79. The number of amides is 2. The first kappa shape index (κ1) is 24.2. The molecule has 2 aliphatic heterocycles. The van der Waals surface area contributed by atoms with Crippen LogP contribution in [0.15, 0.2) is 42.5 Å². The van der Waals surface area contributed by atoms with Gasteiger partial charge in [-0.2, -0.15) is 0 Å². The number of hydrogen-bond donors (Lipinski definition) is 1. The second-order valence-corrected chi connectivity index (χ2v) is 8.90. The molecule has 0 radical (unpaired) electrons. The minimum absolute atomic E-state index is 0.0196. The van der Waals surface area contributed by atoms with Gasteiger partial charge in [0.25, 0.3) is 5.91 Å². The average molecular weight is 469 g/mol. The number of fused-ring (bicyclic) bond motifs is 1. The molecule has 2 aliphatic rings. The van der Waals surface area contributed by atoms with Crippen molar-refractivity contribution in [1.29, 1.82) is 0 Å². The van der Waals surface area contributed by atoms with Crippen LogP contribution in [0.25, 0.3) is 0 Å². The first-order chi connectivity index (χ1) is 16.5. The lowest BCUT2D eigenvalue weighted by molar-refractivity contribution is -0.133. The number of halogens is 1. The maximum atomic E-state index is 14.1. The Morgan fingerprint density at radius 2 is 2.09 bits per heavy atom. The van der Waals surface area contributed by atoms with Crippen molar-refractivity contribution in [1.82, 2.24) is 10.2 Å². The molecule has 0 unspecified atom stereocenters. The summed E-state index contributed by atoms with van der Waals surface area (Å²) >= 11 is 0. The maximum absolute atomic E-state index is 14.1. The van der Waals surface area contributed by atoms with E-state index in [1.807, 2.05) is 43.0 Å². The Labute approximate surface area is 200 Å². The number of nitrogens with zero attached hydrogens (tertiary/aromatic N) is 1. The van der Waals surface area contributed by atoms with E-state index in [0.717, 1.165) is 36.1 Å². The van der Waals surface area contributed by atoms with E-state index in [9.17, 15) is 14.0 Å². The highest BCUT2D eigenvalue weighted by Crippen LogP contribution is 2.38. The molecule has 182 valence electrons. The fourth-order valence-electron chi connectivity index (χ4n) is 4.79. The topological polar surface area (TPSA) is 67.9 Å². The summed E-state index contributed by atoms with van der Waals surface area (Å²) in [7, 11) is 0. The largest absolute Gasteiger partial charge is 0.481 e. The third-order valence-corrected chi connectivity index (χ3v) is 6.60. The van der Waals surface area contributed by atoms with E-state index in [1.165, 1.54) is 12.1 Å². The SMILES string of the molecule is CCC(=O)N1CCc2ccc(O[C@H](CC)C(=O)NC[C@H]3CCCO3)cc2[C@@H]1c1cccc(F)c1. The van der Waals surface area contributed by atoms with Crippen molar-refractivity contribution in [2.24, 2.45) is 0 Å². The van der Waals surface area contributed by atoms with Gasteiger partial charge in [0.05, 0.1) is 12.1 Å². The van der Waals surface area contributed by atoms with E-state index < -0.39 is 12.1 Å². The van der Waals surface area contributed by atoms with Gasteiger partial charge in [-0.3, -0.25) is 9.59 Å². The minimum atomic E-state index is -0.635. The average Bonchev–Trinajstić information content (AvgIpc) is 3.38. The molecular weight excluding hydrogens is 435 g/mol. The number of rotatable bonds is 8. The van der Waals surface area contributed by atoms with Gasteiger partial charge in [0.2, 0.25) is 5.91 Å². The van der Waals surface area contributed by atoms with Crippen LogP contribution >= 0.6 is 0 Å². The second kappa shape index (κ2) is 11.0. The Bertz CT molecular complexity index is 1020. The number of hydrogen-bond acceptors (Lipinski definition) is 4. The number of nitrogens with one attached hydrogen (secondary N) is 1. The van der Waals surface area contributed by atoms with Crippen molar-refractivity contribution >= 4 is 11.8 Å². The third kappa shape index (κ3) is 5.41. The van der Waals surface area contributed by atoms with E-state index >= 15 is 0 Å². The molecule has 2 aromatic rings. The van der Waals surface area contributed by atoms with Gasteiger partial charge in [0.15, 0.2) is 6.10 Å². The number of carbonyl (C=O) groups is 2. The monoisotopic (exact) mass is 468 g/mol. The lowest BCUT2D eigenvalue weighted by Crippen LogP contribution is -2.41. The molecule has 0 spiro atoms. The molecule has 3 atom stereocenters. The maximum Gasteiger partial charge on any atom is 0.261 e. The van der Waals surface area contributed by atoms with Crippen LogP contribution in [0.2, 0.25) is 0 Å². The van der Waals surface area contributed by atoms with Gasteiger partial charge < -0.3 is 19.7 Å². The predicted octanol–water partition coefficient (Wildman–Crippen LogP) is 4.16. The van der Waals surface area contributed by atoms with E-state index in [-0.39, 0.29) is 23.7 Å². The third-order valence-electron chi connectivity index (χ3n) is 6.60. The highest BCUT2D eigenvalue weighted by molar-refractivity contribution is 5.81. The predicted molar refractivity (Wildman–Crippen MR) is 127 cm³/mol. The minimum Gasteiger partial charge on any atom is -0.481 e. The summed E-state index contributed by atoms with van der Waals surface area (Å²) in [5.41, 5.74) is 2.73. The van der Waals surface area contributed by atoms with Crippen LogP contribution in [0.1, 0.15) is 62.3 Å². The molecule has 2 aromatic carbocycles. The smallest absolute Gasteiger partial charge is 0.261 e. The Morgan fingerprint density at radius 3 is 2.79 bits per heavy atom. The van der Waals surface area contributed by atoms with Crippen LogP contribution in [0.5, 0.6) is 5.75 Å². The van der Waals surface area contributed by atoms with Gasteiger partial charge >= 0.3 is 0 Å². The van der Waals surface area contributed by atoms with Crippen LogP contribution in [-0.4, -0.2) is 48.6 Å². The molecular formula is C27H33FN2O4. The van der Waals surface area contributed by atoms with Crippen molar-refractivity contribution in [3.8, 4) is 5.75 Å². The zero-order chi connectivity index (χ0) is 24.1. The zero-order valence-corrected chi connectivity index (χ0v) is 19.9.